The summed E-state index contributed by atoms with van der Waals surface area (Å²) in [7, 11) is -3.59. The normalized spacial score (nSPS) is 23.7. The highest BCUT2D eigenvalue weighted by Crippen LogP contribution is 2.26. The molecule has 0 radical (unpaired) electrons. The Hall–Kier alpha value is -0.980. The molecule has 1 aromatic rings. The van der Waals surface area contributed by atoms with Crippen LogP contribution in [0, 0.1) is 11.7 Å². The van der Waals surface area contributed by atoms with E-state index >= 15 is 0 Å². The van der Waals surface area contributed by atoms with Crippen molar-refractivity contribution in [3.63, 3.8) is 0 Å². The number of sulfonamides is 1. The van der Waals surface area contributed by atoms with Crippen molar-refractivity contribution in [2.24, 2.45) is 11.7 Å². The molecule has 1 aliphatic rings. The topological polar surface area (TPSA) is 72.2 Å². The van der Waals surface area contributed by atoms with Gasteiger partial charge in [-0.25, -0.2) is 17.5 Å². The molecule has 0 aliphatic heterocycles. The molecule has 19 heavy (non-hydrogen) atoms. The number of hydrogen-bond acceptors (Lipinski definition) is 3. The zero-order valence-corrected chi connectivity index (χ0v) is 11.7. The second-order valence-corrected chi connectivity index (χ2v) is 6.91. The number of rotatable bonds is 4. The van der Waals surface area contributed by atoms with Gasteiger partial charge in [0.25, 0.3) is 0 Å². The first-order valence-electron chi connectivity index (χ1n) is 6.43. The summed E-state index contributed by atoms with van der Waals surface area (Å²) in [5.74, 6) is 0.0662. The molecule has 2 rings (SSSR count). The Balaban J connectivity index is 2.19. The number of hydrogen-bond donors (Lipinski definition) is 2. The summed E-state index contributed by atoms with van der Waals surface area (Å²) in [6.07, 6.45) is 2.74. The van der Waals surface area contributed by atoms with E-state index in [0.717, 1.165) is 25.3 Å². The van der Waals surface area contributed by atoms with Crippen molar-refractivity contribution in [1.82, 2.24) is 4.72 Å². The molecule has 0 amide bonds. The predicted molar refractivity (Wildman–Crippen MR) is 71.4 cm³/mol. The molecule has 0 bridgehead atoms. The third kappa shape index (κ3) is 3.32. The molecule has 0 aromatic heterocycles. The highest BCUT2D eigenvalue weighted by atomic mass is 32.2. The van der Waals surface area contributed by atoms with Gasteiger partial charge in [-0.05, 0) is 43.4 Å². The van der Waals surface area contributed by atoms with Crippen molar-refractivity contribution in [3.05, 3.63) is 29.6 Å². The molecule has 1 saturated carbocycles. The molecule has 3 N–H and O–H groups in total. The van der Waals surface area contributed by atoms with Crippen LogP contribution < -0.4 is 10.5 Å². The van der Waals surface area contributed by atoms with E-state index in [1.807, 2.05) is 0 Å². The van der Waals surface area contributed by atoms with Gasteiger partial charge in [-0.2, -0.15) is 0 Å². The highest BCUT2D eigenvalue weighted by Gasteiger charge is 2.26. The maximum atomic E-state index is 13.3. The maximum absolute atomic E-state index is 13.3. The lowest BCUT2D eigenvalue weighted by molar-refractivity contribution is 0.538. The second kappa shape index (κ2) is 5.56. The molecule has 1 fully saturated rings. The molecular formula is C13H19FN2O2S. The van der Waals surface area contributed by atoms with Crippen molar-refractivity contribution in [1.29, 1.82) is 0 Å². The molecule has 0 heterocycles. The van der Waals surface area contributed by atoms with Crippen LogP contribution in [0.15, 0.2) is 23.1 Å². The lowest BCUT2D eigenvalue weighted by Crippen LogP contribution is -2.33. The molecule has 2 unspecified atom stereocenters. The summed E-state index contributed by atoms with van der Waals surface area (Å²) in [4.78, 5) is 0.0777. The number of benzene rings is 1. The Bertz CT molecular complexity index is 560. The molecule has 106 valence electrons. The molecule has 2 atom stereocenters. The van der Waals surface area contributed by atoms with E-state index in [2.05, 4.69) is 11.6 Å². The number of halogens is 1. The van der Waals surface area contributed by atoms with Crippen molar-refractivity contribution in [2.75, 3.05) is 0 Å². The van der Waals surface area contributed by atoms with Gasteiger partial charge in [0.05, 0.1) is 4.90 Å². The Morgan fingerprint density at radius 3 is 2.74 bits per heavy atom. The van der Waals surface area contributed by atoms with E-state index in [1.165, 1.54) is 12.1 Å². The van der Waals surface area contributed by atoms with Gasteiger partial charge in [-0.1, -0.05) is 6.92 Å². The van der Waals surface area contributed by atoms with E-state index in [0.29, 0.717) is 5.92 Å². The Morgan fingerprint density at radius 1 is 1.42 bits per heavy atom. The molecule has 6 heteroatoms. The summed E-state index contributed by atoms with van der Waals surface area (Å²) in [6.45, 7) is 2.09. The molecule has 0 spiro atoms. The Labute approximate surface area is 113 Å². The van der Waals surface area contributed by atoms with Crippen LogP contribution in [0.3, 0.4) is 0 Å². The average Bonchev–Trinajstić information content (AvgIpc) is 2.74. The Morgan fingerprint density at radius 2 is 2.16 bits per heavy atom. The monoisotopic (exact) mass is 286 g/mol. The van der Waals surface area contributed by atoms with E-state index in [9.17, 15) is 12.8 Å². The predicted octanol–water partition coefficient (Wildman–Crippen LogP) is 1.75. The molecule has 4 nitrogen and oxygen atoms in total. The number of nitrogens with two attached hydrogens (primary N) is 1. The molecule has 1 aliphatic carbocycles. The van der Waals surface area contributed by atoms with Gasteiger partial charge in [0.1, 0.15) is 5.82 Å². The van der Waals surface area contributed by atoms with Crippen LogP contribution in [0.4, 0.5) is 4.39 Å². The minimum Gasteiger partial charge on any atom is -0.326 e. The fourth-order valence-electron chi connectivity index (χ4n) is 2.48. The zero-order chi connectivity index (χ0) is 14.0. The first kappa shape index (κ1) is 14.4. The zero-order valence-electron chi connectivity index (χ0n) is 10.9. The maximum Gasteiger partial charge on any atom is 0.240 e. The van der Waals surface area contributed by atoms with Crippen LogP contribution in [-0.2, 0) is 16.6 Å². The lowest BCUT2D eigenvalue weighted by Gasteiger charge is -2.13. The van der Waals surface area contributed by atoms with Crippen molar-refractivity contribution in [3.8, 4) is 0 Å². The fraction of sp³-hybridized carbons (Fsp3) is 0.538. The molecule has 0 saturated heterocycles. The summed E-state index contributed by atoms with van der Waals surface area (Å²) >= 11 is 0. The van der Waals surface area contributed by atoms with Gasteiger partial charge < -0.3 is 5.73 Å². The summed E-state index contributed by atoms with van der Waals surface area (Å²) in [5, 5.41) is 0. The van der Waals surface area contributed by atoms with E-state index in [1.54, 1.807) is 0 Å². The van der Waals surface area contributed by atoms with Crippen LogP contribution in [0.5, 0.6) is 0 Å². The van der Waals surface area contributed by atoms with Crippen molar-refractivity contribution in [2.45, 2.75) is 43.7 Å². The third-order valence-corrected chi connectivity index (χ3v) is 5.08. The van der Waals surface area contributed by atoms with Gasteiger partial charge in [-0.3, -0.25) is 0 Å². The fourth-order valence-corrected chi connectivity index (χ4v) is 3.81. The minimum absolute atomic E-state index is 0.0182. The molecule has 1 aromatic carbocycles. The van der Waals surface area contributed by atoms with Crippen LogP contribution >= 0.6 is 0 Å². The second-order valence-electron chi connectivity index (χ2n) is 5.19. The van der Waals surface area contributed by atoms with E-state index < -0.39 is 15.8 Å². The first-order valence-corrected chi connectivity index (χ1v) is 7.91. The van der Waals surface area contributed by atoms with Gasteiger partial charge in [0.15, 0.2) is 0 Å². The highest BCUT2D eigenvalue weighted by molar-refractivity contribution is 7.89. The van der Waals surface area contributed by atoms with Crippen molar-refractivity contribution < 1.29 is 12.8 Å². The smallest absolute Gasteiger partial charge is 0.240 e. The number of nitrogens with one attached hydrogen (secondary N) is 1. The van der Waals surface area contributed by atoms with Gasteiger partial charge in [-0.15, -0.1) is 0 Å². The van der Waals surface area contributed by atoms with Crippen LogP contribution in [0.25, 0.3) is 0 Å². The SMILES string of the molecule is CC1CCC(NS(=O)(=O)c2ccc(F)c(CN)c2)C1. The molecular weight excluding hydrogens is 267 g/mol. The van der Waals surface area contributed by atoms with E-state index in [-0.39, 0.29) is 23.0 Å². The first-order chi connectivity index (χ1) is 8.92. The minimum atomic E-state index is -3.59. The summed E-state index contributed by atoms with van der Waals surface area (Å²) < 4.78 is 40.4. The quantitative estimate of drug-likeness (QED) is 0.885. The van der Waals surface area contributed by atoms with E-state index in [4.69, 9.17) is 5.73 Å². The Kier molecular flexibility index (Phi) is 4.23. The third-order valence-electron chi connectivity index (χ3n) is 3.56. The summed E-state index contributed by atoms with van der Waals surface area (Å²) in [5.41, 5.74) is 5.60. The largest absolute Gasteiger partial charge is 0.326 e. The van der Waals surface area contributed by atoms with Crippen LogP contribution in [0.2, 0.25) is 0 Å². The average molecular weight is 286 g/mol. The van der Waals surface area contributed by atoms with Gasteiger partial charge in [0.2, 0.25) is 10.0 Å². The van der Waals surface area contributed by atoms with Crippen molar-refractivity contribution >= 4 is 10.0 Å². The standard InChI is InChI=1S/C13H19FN2O2S/c1-9-2-3-11(6-9)16-19(17,18)12-4-5-13(14)10(7-12)8-15/h4-5,7,9,11,16H,2-3,6,8,15H2,1H3. The summed E-state index contributed by atoms with van der Waals surface area (Å²) in [6, 6.07) is 3.70. The van der Waals surface area contributed by atoms with Crippen LogP contribution in [0.1, 0.15) is 31.7 Å². The lowest BCUT2D eigenvalue weighted by atomic mass is 10.1. The van der Waals surface area contributed by atoms with Gasteiger partial charge in [0, 0.05) is 18.2 Å². The van der Waals surface area contributed by atoms with Gasteiger partial charge >= 0.3 is 0 Å². The van der Waals surface area contributed by atoms with Crippen LogP contribution in [-0.4, -0.2) is 14.5 Å².